The zero-order valence-electron chi connectivity index (χ0n) is 16.9. The van der Waals surface area contributed by atoms with Gasteiger partial charge in [0.1, 0.15) is 5.75 Å². The van der Waals surface area contributed by atoms with Crippen molar-refractivity contribution in [3.63, 3.8) is 0 Å². The Kier molecular flexibility index (Phi) is 8.10. The number of benzene rings is 1. The van der Waals surface area contributed by atoms with Crippen LogP contribution in [-0.2, 0) is 14.3 Å². The third kappa shape index (κ3) is 6.24. The first-order valence-corrected chi connectivity index (χ1v) is 9.76. The Morgan fingerprint density at radius 1 is 1.19 bits per heavy atom. The Morgan fingerprint density at radius 3 is 2.33 bits per heavy atom. The van der Waals surface area contributed by atoms with Gasteiger partial charge in [-0.1, -0.05) is 26.0 Å². The third-order valence-corrected chi connectivity index (χ3v) is 5.03. The molecule has 0 saturated carbocycles. The van der Waals surface area contributed by atoms with E-state index in [0.717, 1.165) is 37.2 Å². The molecule has 6 heteroatoms. The fourth-order valence-corrected chi connectivity index (χ4v) is 3.46. The number of piperidine rings is 1. The number of amides is 1. The Balaban J connectivity index is 1.86. The highest BCUT2D eigenvalue weighted by molar-refractivity contribution is 5.78. The normalized spacial score (nSPS) is 16.8. The highest BCUT2D eigenvalue weighted by Gasteiger charge is 2.27. The number of esters is 1. The highest BCUT2D eigenvalue weighted by atomic mass is 16.5. The lowest BCUT2D eigenvalue weighted by Crippen LogP contribution is -2.44. The SMILES string of the molecule is CCOC(=O)C1CCN(CC(=O)NC(c2ccc(OC)cc2)C(C)C)CC1. The summed E-state index contributed by atoms with van der Waals surface area (Å²) in [7, 11) is 1.64. The molecule has 1 heterocycles. The van der Waals surface area contributed by atoms with Crippen molar-refractivity contribution in [2.45, 2.75) is 39.7 Å². The zero-order valence-corrected chi connectivity index (χ0v) is 16.9. The van der Waals surface area contributed by atoms with E-state index in [1.165, 1.54) is 0 Å². The summed E-state index contributed by atoms with van der Waals surface area (Å²) in [5.74, 6) is 0.945. The van der Waals surface area contributed by atoms with Crippen molar-refractivity contribution >= 4 is 11.9 Å². The summed E-state index contributed by atoms with van der Waals surface area (Å²) in [5, 5.41) is 3.16. The van der Waals surface area contributed by atoms with Crippen LogP contribution in [0.25, 0.3) is 0 Å². The monoisotopic (exact) mass is 376 g/mol. The molecule has 1 fully saturated rings. The van der Waals surface area contributed by atoms with Gasteiger partial charge >= 0.3 is 5.97 Å². The number of nitrogens with zero attached hydrogens (tertiary/aromatic N) is 1. The van der Waals surface area contributed by atoms with Crippen LogP contribution in [0.15, 0.2) is 24.3 Å². The Morgan fingerprint density at radius 2 is 1.81 bits per heavy atom. The molecule has 0 bridgehead atoms. The average molecular weight is 376 g/mol. The van der Waals surface area contributed by atoms with Gasteiger partial charge in [0.05, 0.1) is 32.2 Å². The van der Waals surface area contributed by atoms with Gasteiger partial charge in [-0.15, -0.1) is 0 Å². The van der Waals surface area contributed by atoms with Crippen LogP contribution < -0.4 is 10.1 Å². The Hall–Kier alpha value is -2.08. The third-order valence-electron chi connectivity index (χ3n) is 5.03. The van der Waals surface area contributed by atoms with Crippen LogP contribution in [0.1, 0.15) is 45.2 Å². The van der Waals surface area contributed by atoms with Gasteiger partial charge in [0.15, 0.2) is 0 Å². The molecule has 150 valence electrons. The number of carbonyl (C=O) groups is 2. The van der Waals surface area contributed by atoms with E-state index in [0.29, 0.717) is 13.2 Å². The van der Waals surface area contributed by atoms with Crippen molar-refractivity contribution in [3.8, 4) is 5.75 Å². The topological polar surface area (TPSA) is 67.9 Å². The van der Waals surface area contributed by atoms with Crippen molar-refractivity contribution in [2.75, 3.05) is 33.4 Å². The molecule has 0 aromatic heterocycles. The number of likely N-dealkylation sites (tertiary alicyclic amines) is 1. The van der Waals surface area contributed by atoms with Crippen LogP contribution >= 0.6 is 0 Å². The van der Waals surface area contributed by atoms with Crippen LogP contribution in [-0.4, -0.2) is 50.1 Å². The quantitative estimate of drug-likeness (QED) is 0.707. The standard InChI is InChI=1S/C21H32N2O4/c1-5-27-21(25)17-10-12-23(13-11-17)14-19(24)22-20(15(2)3)16-6-8-18(26-4)9-7-16/h6-9,15,17,20H,5,10-14H2,1-4H3,(H,22,24). The number of carbonyl (C=O) groups excluding carboxylic acids is 2. The number of methoxy groups -OCH3 is 1. The molecule has 0 aliphatic carbocycles. The van der Waals surface area contributed by atoms with Gasteiger partial charge in [-0.2, -0.15) is 0 Å². The average Bonchev–Trinajstić information content (AvgIpc) is 2.67. The molecule has 1 amide bonds. The fraction of sp³-hybridized carbons (Fsp3) is 0.619. The van der Waals surface area contributed by atoms with Crippen LogP contribution in [0, 0.1) is 11.8 Å². The molecule has 2 rings (SSSR count). The Labute approximate surface area is 162 Å². The minimum absolute atomic E-state index is 0.0131. The lowest BCUT2D eigenvalue weighted by Gasteiger charge is -2.31. The number of hydrogen-bond donors (Lipinski definition) is 1. The van der Waals surface area contributed by atoms with E-state index in [1.54, 1.807) is 7.11 Å². The molecule has 1 aromatic carbocycles. The van der Waals surface area contributed by atoms with E-state index >= 15 is 0 Å². The number of rotatable bonds is 8. The molecule has 1 aromatic rings. The molecule has 1 atom stereocenters. The Bertz CT molecular complexity index is 607. The number of ether oxygens (including phenoxy) is 2. The van der Waals surface area contributed by atoms with Crippen LogP contribution in [0.3, 0.4) is 0 Å². The second-order valence-corrected chi connectivity index (χ2v) is 7.36. The molecule has 6 nitrogen and oxygen atoms in total. The maximum absolute atomic E-state index is 12.6. The summed E-state index contributed by atoms with van der Waals surface area (Å²) < 4.78 is 10.3. The fourth-order valence-electron chi connectivity index (χ4n) is 3.46. The first-order chi connectivity index (χ1) is 12.9. The van der Waals surface area contributed by atoms with Crippen molar-refractivity contribution in [1.82, 2.24) is 10.2 Å². The largest absolute Gasteiger partial charge is 0.497 e. The van der Waals surface area contributed by atoms with E-state index < -0.39 is 0 Å². The minimum Gasteiger partial charge on any atom is -0.497 e. The number of nitrogens with one attached hydrogen (secondary N) is 1. The van der Waals surface area contributed by atoms with Gasteiger partial charge < -0.3 is 14.8 Å². The summed E-state index contributed by atoms with van der Waals surface area (Å²) in [6, 6.07) is 7.78. The first kappa shape index (κ1) is 21.2. The summed E-state index contributed by atoms with van der Waals surface area (Å²) in [6.45, 7) is 8.28. The lowest BCUT2D eigenvalue weighted by atomic mass is 9.95. The van der Waals surface area contributed by atoms with Crippen molar-refractivity contribution in [3.05, 3.63) is 29.8 Å². The van der Waals surface area contributed by atoms with Crippen LogP contribution in [0.5, 0.6) is 5.75 Å². The van der Waals surface area contributed by atoms with Gasteiger partial charge in [0.2, 0.25) is 5.91 Å². The molecule has 27 heavy (non-hydrogen) atoms. The molecule has 0 radical (unpaired) electrons. The molecule has 0 spiro atoms. The molecule has 1 aliphatic rings. The molecule has 1 N–H and O–H groups in total. The van der Waals surface area contributed by atoms with E-state index in [1.807, 2.05) is 31.2 Å². The van der Waals surface area contributed by atoms with Crippen molar-refractivity contribution in [1.29, 1.82) is 0 Å². The second-order valence-electron chi connectivity index (χ2n) is 7.36. The minimum atomic E-state index is -0.110. The molecule has 1 aliphatic heterocycles. The summed E-state index contributed by atoms with van der Waals surface area (Å²) in [6.07, 6.45) is 1.50. The smallest absolute Gasteiger partial charge is 0.309 e. The maximum atomic E-state index is 12.6. The van der Waals surface area contributed by atoms with Crippen molar-refractivity contribution < 1.29 is 19.1 Å². The molecule has 1 saturated heterocycles. The van der Waals surface area contributed by atoms with Crippen LogP contribution in [0.2, 0.25) is 0 Å². The van der Waals surface area contributed by atoms with Gasteiger partial charge in [-0.05, 0) is 56.5 Å². The van der Waals surface area contributed by atoms with Gasteiger partial charge in [-0.3, -0.25) is 14.5 Å². The predicted molar refractivity (Wildman–Crippen MR) is 105 cm³/mol. The van der Waals surface area contributed by atoms with Crippen molar-refractivity contribution in [2.24, 2.45) is 11.8 Å². The molecule has 1 unspecified atom stereocenters. The van der Waals surface area contributed by atoms with Gasteiger partial charge in [0, 0.05) is 0 Å². The first-order valence-electron chi connectivity index (χ1n) is 9.76. The summed E-state index contributed by atoms with van der Waals surface area (Å²) >= 11 is 0. The number of hydrogen-bond acceptors (Lipinski definition) is 5. The highest BCUT2D eigenvalue weighted by Crippen LogP contribution is 2.24. The van der Waals surface area contributed by atoms with E-state index in [2.05, 4.69) is 24.1 Å². The lowest BCUT2D eigenvalue weighted by molar-refractivity contribution is -0.149. The van der Waals surface area contributed by atoms with Crippen LogP contribution in [0.4, 0.5) is 0 Å². The summed E-state index contributed by atoms with van der Waals surface area (Å²) in [5.41, 5.74) is 1.07. The van der Waals surface area contributed by atoms with Gasteiger partial charge in [-0.25, -0.2) is 0 Å². The second kappa shape index (κ2) is 10.3. The van der Waals surface area contributed by atoms with E-state index in [-0.39, 0.29) is 29.8 Å². The molecular weight excluding hydrogens is 344 g/mol. The predicted octanol–water partition coefficient (Wildman–Crippen LogP) is 2.78. The van der Waals surface area contributed by atoms with E-state index in [4.69, 9.17) is 9.47 Å². The van der Waals surface area contributed by atoms with Gasteiger partial charge in [0.25, 0.3) is 0 Å². The zero-order chi connectivity index (χ0) is 19.8. The van der Waals surface area contributed by atoms with E-state index in [9.17, 15) is 9.59 Å². The molecular formula is C21H32N2O4. The maximum Gasteiger partial charge on any atom is 0.309 e. The summed E-state index contributed by atoms with van der Waals surface area (Å²) in [4.78, 5) is 26.5.